The largest absolute Gasteiger partial charge is 0.352 e. The van der Waals surface area contributed by atoms with Gasteiger partial charge >= 0.3 is 0 Å². The zero-order chi connectivity index (χ0) is 11.1. The molecule has 2 rings (SSSR count). The molecule has 0 aromatic carbocycles. The summed E-state index contributed by atoms with van der Waals surface area (Å²) >= 11 is 0. The van der Waals surface area contributed by atoms with Crippen molar-refractivity contribution in [3.63, 3.8) is 0 Å². The van der Waals surface area contributed by atoms with Crippen molar-refractivity contribution in [3.05, 3.63) is 0 Å². The van der Waals surface area contributed by atoms with Crippen LogP contribution in [-0.2, 0) is 4.79 Å². The van der Waals surface area contributed by atoms with E-state index in [0.29, 0.717) is 12.6 Å². The van der Waals surface area contributed by atoms with Gasteiger partial charge in [0.05, 0.1) is 5.41 Å². The summed E-state index contributed by atoms with van der Waals surface area (Å²) in [5.41, 5.74) is 5.19. The lowest BCUT2D eigenvalue weighted by Gasteiger charge is -2.26. The summed E-state index contributed by atoms with van der Waals surface area (Å²) in [4.78, 5) is 12.0. The van der Waals surface area contributed by atoms with Crippen molar-refractivity contribution in [2.24, 2.45) is 23.0 Å². The smallest absolute Gasteiger partial charge is 0.227 e. The summed E-state index contributed by atoms with van der Waals surface area (Å²) < 4.78 is 0. The van der Waals surface area contributed by atoms with Crippen LogP contribution in [0.25, 0.3) is 0 Å². The van der Waals surface area contributed by atoms with E-state index in [0.717, 1.165) is 11.8 Å². The molecule has 0 aromatic rings. The van der Waals surface area contributed by atoms with Crippen LogP contribution in [0.1, 0.15) is 39.5 Å². The number of carbonyl (C=O) groups is 1. The first-order chi connectivity index (χ1) is 7.04. The molecule has 0 spiro atoms. The molecule has 86 valence electrons. The maximum Gasteiger partial charge on any atom is 0.227 e. The molecule has 3 heteroatoms. The quantitative estimate of drug-likeness (QED) is 0.718. The van der Waals surface area contributed by atoms with Gasteiger partial charge in [-0.25, -0.2) is 0 Å². The number of hydrogen-bond acceptors (Lipinski definition) is 2. The van der Waals surface area contributed by atoms with E-state index >= 15 is 0 Å². The lowest BCUT2D eigenvalue weighted by atomic mass is 9.91. The molecule has 0 bridgehead atoms. The van der Waals surface area contributed by atoms with Crippen molar-refractivity contribution < 1.29 is 4.79 Å². The highest BCUT2D eigenvalue weighted by molar-refractivity contribution is 5.82. The van der Waals surface area contributed by atoms with Gasteiger partial charge in [0.25, 0.3) is 0 Å². The summed E-state index contributed by atoms with van der Waals surface area (Å²) in [6, 6.07) is 0.448. The van der Waals surface area contributed by atoms with E-state index in [4.69, 9.17) is 5.73 Å². The van der Waals surface area contributed by atoms with Crippen LogP contribution in [0.5, 0.6) is 0 Å². The van der Waals surface area contributed by atoms with Crippen LogP contribution >= 0.6 is 0 Å². The van der Waals surface area contributed by atoms with E-state index in [1.165, 1.54) is 25.7 Å². The number of carbonyl (C=O) groups excluding carboxylic acids is 1. The molecule has 2 aliphatic carbocycles. The highest BCUT2D eigenvalue weighted by Gasteiger charge is 2.43. The van der Waals surface area contributed by atoms with Gasteiger partial charge in [-0.1, -0.05) is 0 Å². The third kappa shape index (κ3) is 2.51. The van der Waals surface area contributed by atoms with Crippen molar-refractivity contribution in [2.45, 2.75) is 45.6 Å². The van der Waals surface area contributed by atoms with Crippen LogP contribution in [0.2, 0.25) is 0 Å². The number of amides is 1. The molecule has 0 aromatic heterocycles. The first-order valence-corrected chi connectivity index (χ1v) is 6.05. The summed E-state index contributed by atoms with van der Waals surface area (Å²) in [6.45, 7) is 4.25. The second-order valence-electron chi connectivity index (χ2n) is 5.76. The minimum absolute atomic E-state index is 0.133. The molecule has 3 nitrogen and oxygen atoms in total. The van der Waals surface area contributed by atoms with E-state index in [-0.39, 0.29) is 5.91 Å². The molecule has 2 fully saturated rings. The molecule has 0 saturated heterocycles. The molecular formula is C12H22N2O. The number of nitrogens with one attached hydrogen (secondary N) is 1. The predicted octanol–water partition coefficient (Wildman–Crippen LogP) is 1.28. The Labute approximate surface area is 91.8 Å². The topological polar surface area (TPSA) is 55.1 Å². The fourth-order valence-corrected chi connectivity index (χ4v) is 1.97. The fourth-order valence-electron chi connectivity index (χ4n) is 1.97. The Bertz CT molecular complexity index is 242. The summed E-state index contributed by atoms with van der Waals surface area (Å²) in [7, 11) is 0. The van der Waals surface area contributed by atoms with Crippen LogP contribution in [0.3, 0.4) is 0 Å². The van der Waals surface area contributed by atoms with E-state index in [1.54, 1.807) is 0 Å². The van der Waals surface area contributed by atoms with E-state index in [9.17, 15) is 4.79 Å². The molecule has 2 saturated carbocycles. The van der Waals surface area contributed by atoms with Crippen molar-refractivity contribution in [1.82, 2.24) is 5.32 Å². The normalized spacial score (nSPS) is 21.9. The molecular weight excluding hydrogens is 188 g/mol. The Morgan fingerprint density at radius 1 is 1.33 bits per heavy atom. The van der Waals surface area contributed by atoms with E-state index < -0.39 is 5.41 Å². The predicted molar refractivity (Wildman–Crippen MR) is 60.2 cm³/mol. The highest BCUT2D eigenvalue weighted by atomic mass is 16.2. The molecule has 0 unspecified atom stereocenters. The van der Waals surface area contributed by atoms with Crippen LogP contribution in [-0.4, -0.2) is 18.5 Å². The van der Waals surface area contributed by atoms with Gasteiger partial charge in [0, 0.05) is 12.6 Å². The first kappa shape index (κ1) is 10.9. The molecule has 0 radical (unpaired) electrons. The lowest BCUT2D eigenvalue weighted by Crippen LogP contribution is -2.47. The van der Waals surface area contributed by atoms with Crippen molar-refractivity contribution in [2.75, 3.05) is 6.54 Å². The Kier molecular flexibility index (Phi) is 2.75. The molecule has 15 heavy (non-hydrogen) atoms. The Hall–Kier alpha value is -0.570. The monoisotopic (exact) mass is 210 g/mol. The molecule has 2 aliphatic rings. The average molecular weight is 210 g/mol. The van der Waals surface area contributed by atoms with Gasteiger partial charge in [0.1, 0.15) is 0 Å². The highest BCUT2D eigenvalue weighted by Crippen LogP contribution is 2.44. The van der Waals surface area contributed by atoms with Gasteiger partial charge in [-0.05, 0) is 51.4 Å². The fraction of sp³-hybridized carbons (Fsp3) is 0.917. The minimum Gasteiger partial charge on any atom is -0.352 e. The molecule has 3 N–H and O–H groups in total. The number of hydrogen-bond donors (Lipinski definition) is 2. The third-order valence-electron chi connectivity index (χ3n) is 3.68. The van der Waals surface area contributed by atoms with E-state index in [1.807, 2.05) is 13.8 Å². The SMILES string of the molecule is CC(C)(CN)C(=O)NC(C1CC1)C1CC1. The standard InChI is InChI=1S/C12H22N2O/c1-12(2,7-13)11(15)14-10(8-3-4-8)9-5-6-9/h8-10H,3-7,13H2,1-2H3,(H,14,15). The molecule has 0 atom stereocenters. The van der Waals surface area contributed by atoms with Crippen LogP contribution in [0.4, 0.5) is 0 Å². The first-order valence-electron chi connectivity index (χ1n) is 6.05. The Morgan fingerprint density at radius 3 is 2.13 bits per heavy atom. The van der Waals surface area contributed by atoms with E-state index in [2.05, 4.69) is 5.32 Å². The van der Waals surface area contributed by atoms with Crippen molar-refractivity contribution in [3.8, 4) is 0 Å². The van der Waals surface area contributed by atoms with Crippen molar-refractivity contribution >= 4 is 5.91 Å². The van der Waals surface area contributed by atoms with Crippen LogP contribution < -0.4 is 11.1 Å². The summed E-state index contributed by atoms with van der Waals surface area (Å²) in [5, 5.41) is 3.21. The second-order valence-corrected chi connectivity index (χ2v) is 5.76. The molecule has 0 aliphatic heterocycles. The number of nitrogens with two attached hydrogens (primary N) is 1. The molecule has 1 amide bonds. The van der Waals surface area contributed by atoms with Gasteiger partial charge in [-0.2, -0.15) is 0 Å². The van der Waals surface area contributed by atoms with Gasteiger partial charge in [0.2, 0.25) is 5.91 Å². The van der Waals surface area contributed by atoms with Gasteiger partial charge in [-0.15, -0.1) is 0 Å². The zero-order valence-electron chi connectivity index (χ0n) is 9.75. The second kappa shape index (κ2) is 3.78. The average Bonchev–Trinajstić information content (AvgIpc) is 3.03. The zero-order valence-corrected chi connectivity index (χ0v) is 9.75. The number of rotatable bonds is 5. The van der Waals surface area contributed by atoms with Gasteiger partial charge < -0.3 is 11.1 Å². The summed E-state index contributed by atoms with van der Waals surface area (Å²) in [5.74, 6) is 1.65. The van der Waals surface area contributed by atoms with Crippen molar-refractivity contribution in [1.29, 1.82) is 0 Å². The Balaban J connectivity index is 1.90. The lowest BCUT2D eigenvalue weighted by molar-refractivity contribution is -0.129. The van der Waals surface area contributed by atoms with Crippen LogP contribution in [0, 0.1) is 17.3 Å². The minimum atomic E-state index is -0.415. The third-order valence-corrected chi connectivity index (χ3v) is 3.68. The van der Waals surface area contributed by atoms with Gasteiger partial charge in [0.15, 0.2) is 0 Å². The Morgan fingerprint density at radius 2 is 1.80 bits per heavy atom. The maximum absolute atomic E-state index is 12.0. The summed E-state index contributed by atoms with van der Waals surface area (Å²) in [6.07, 6.45) is 5.18. The van der Waals surface area contributed by atoms with Gasteiger partial charge in [-0.3, -0.25) is 4.79 Å². The maximum atomic E-state index is 12.0. The molecule has 0 heterocycles. The van der Waals surface area contributed by atoms with Crippen LogP contribution in [0.15, 0.2) is 0 Å².